The molecule has 2 N–H and O–H groups in total. The van der Waals surface area contributed by atoms with Crippen LogP contribution in [0, 0.1) is 12.8 Å². The van der Waals surface area contributed by atoms with Crippen molar-refractivity contribution in [3.8, 4) is 0 Å². The number of aryl methyl sites for hydroxylation is 2. The molecule has 100 valence electrons. The fourth-order valence-electron chi connectivity index (χ4n) is 2.21. The number of carbonyl (C=O) groups excluding carboxylic acids is 1. The lowest BCUT2D eigenvalue weighted by molar-refractivity contribution is 0.0451. The molecule has 2 rings (SSSR count). The number of nitrogen functional groups attached to an aromatic ring is 1. The van der Waals surface area contributed by atoms with Crippen LogP contribution < -0.4 is 5.73 Å². The molecular weight excluding hydrogens is 230 g/mol. The molecule has 0 radical (unpaired) electrons. The fourth-order valence-corrected chi connectivity index (χ4v) is 2.21. The van der Waals surface area contributed by atoms with Crippen molar-refractivity contribution >= 4 is 11.7 Å². The number of anilines is 1. The molecule has 1 heterocycles. The predicted molar refractivity (Wildman–Crippen MR) is 69.3 cm³/mol. The van der Waals surface area contributed by atoms with Crippen LogP contribution in [0.3, 0.4) is 0 Å². The number of rotatable bonds is 5. The lowest BCUT2D eigenvalue weighted by atomic mass is 9.83. The molecule has 0 bridgehead atoms. The Balaban J connectivity index is 1.94. The van der Waals surface area contributed by atoms with Crippen LogP contribution in [-0.4, -0.2) is 22.4 Å². The topological polar surface area (TPSA) is 70.1 Å². The van der Waals surface area contributed by atoms with E-state index in [0.29, 0.717) is 30.2 Å². The summed E-state index contributed by atoms with van der Waals surface area (Å²) >= 11 is 0. The van der Waals surface area contributed by atoms with Crippen LogP contribution in [0.4, 0.5) is 5.69 Å². The maximum atomic E-state index is 12.0. The molecule has 5 nitrogen and oxygen atoms in total. The predicted octanol–water partition coefficient (Wildman–Crippen LogP) is 2.14. The highest BCUT2D eigenvalue weighted by molar-refractivity contribution is 5.93. The smallest absolute Gasteiger partial charge is 0.358 e. The van der Waals surface area contributed by atoms with Crippen molar-refractivity contribution in [2.45, 2.75) is 46.1 Å². The summed E-state index contributed by atoms with van der Waals surface area (Å²) in [6.07, 6.45) is 4.82. The maximum absolute atomic E-state index is 12.0. The van der Waals surface area contributed by atoms with Gasteiger partial charge in [-0.1, -0.05) is 19.3 Å². The third-order valence-corrected chi connectivity index (χ3v) is 3.65. The van der Waals surface area contributed by atoms with E-state index in [0.717, 1.165) is 12.3 Å². The van der Waals surface area contributed by atoms with Crippen molar-refractivity contribution in [1.82, 2.24) is 9.78 Å². The molecule has 0 aromatic carbocycles. The van der Waals surface area contributed by atoms with Gasteiger partial charge in [-0.25, -0.2) is 4.79 Å². The zero-order valence-electron chi connectivity index (χ0n) is 11.1. The van der Waals surface area contributed by atoms with Crippen LogP contribution in [0.5, 0.6) is 0 Å². The Kier molecular flexibility index (Phi) is 3.89. The highest BCUT2D eigenvalue weighted by atomic mass is 16.5. The van der Waals surface area contributed by atoms with E-state index >= 15 is 0 Å². The largest absolute Gasteiger partial charge is 0.461 e. The van der Waals surface area contributed by atoms with Crippen LogP contribution in [0.1, 0.15) is 48.8 Å². The fraction of sp³-hybridized carbons (Fsp3) is 0.692. The minimum atomic E-state index is -0.353. The molecule has 0 saturated heterocycles. The summed E-state index contributed by atoms with van der Waals surface area (Å²) in [6, 6.07) is 0. The molecule has 0 aliphatic heterocycles. The van der Waals surface area contributed by atoms with Gasteiger partial charge in [-0.05, 0) is 26.2 Å². The maximum Gasteiger partial charge on any atom is 0.358 e. The van der Waals surface area contributed by atoms with E-state index in [1.165, 1.54) is 19.3 Å². The summed E-state index contributed by atoms with van der Waals surface area (Å²) in [5.41, 5.74) is 7.38. The molecule has 1 aromatic rings. The Morgan fingerprint density at radius 2 is 2.28 bits per heavy atom. The summed E-state index contributed by atoms with van der Waals surface area (Å²) in [6.45, 7) is 4.83. The third kappa shape index (κ3) is 2.49. The Hall–Kier alpha value is -1.52. The van der Waals surface area contributed by atoms with Crippen molar-refractivity contribution in [3.05, 3.63) is 11.4 Å². The normalized spacial score (nSPS) is 15.4. The molecule has 1 aliphatic carbocycles. The van der Waals surface area contributed by atoms with Crippen LogP contribution in [0.2, 0.25) is 0 Å². The van der Waals surface area contributed by atoms with Gasteiger partial charge in [0.2, 0.25) is 0 Å². The van der Waals surface area contributed by atoms with E-state index in [9.17, 15) is 4.79 Å². The first-order valence-electron chi connectivity index (χ1n) is 6.63. The van der Waals surface area contributed by atoms with Gasteiger partial charge < -0.3 is 10.5 Å². The van der Waals surface area contributed by atoms with Gasteiger partial charge in [0.15, 0.2) is 5.69 Å². The lowest BCUT2D eigenvalue weighted by Crippen LogP contribution is -2.18. The lowest BCUT2D eigenvalue weighted by Gasteiger charge is -2.24. The Morgan fingerprint density at radius 3 is 2.83 bits per heavy atom. The highest BCUT2D eigenvalue weighted by Crippen LogP contribution is 2.29. The van der Waals surface area contributed by atoms with Crippen LogP contribution in [-0.2, 0) is 11.3 Å². The molecule has 1 saturated carbocycles. The number of hydrogen-bond donors (Lipinski definition) is 1. The summed E-state index contributed by atoms with van der Waals surface area (Å²) in [5.74, 6) is 0.391. The Bertz CT molecular complexity index is 436. The highest BCUT2D eigenvalue weighted by Gasteiger charge is 2.22. The molecule has 0 atom stereocenters. The van der Waals surface area contributed by atoms with Crippen molar-refractivity contribution < 1.29 is 9.53 Å². The number of esters is 1. The van der Waals surface area contributed by atoms with Gasteiger partial charge in [-0.2, -0.15) is 5.10 Å². The van der Waals surface area contributed by atoms with Crippen molar-refractivity contribution in [2.24, 2.45) is 5.92 Å². The minimum absolute atomic E-state index is 0.353. The number of hydrogen-bond acceptors (Lipinski definition) is 4. The molecule has 5 heteroatoms. The average molecular weight is 251 g/mol. The van der Waals surface area contributed by atoms with Crippen molar-refractivity contribution in [3.63, 3.8) is 0 Å². The van der Waals surface area contributed by atoms with Gasteiger partial charge >= 0.3 is 5.97 Å². The van der Waals surface area contributed by atoms with E-state index in [1.807, 2.05) is 6.92 Å². The van der Waals surface area contributed by atoms with Gasteiger partial charge in [0, 0.05) is 6.54 Å². The third-order valence-electron chi connectivity index (χ3n) is 3.65. The van der Waals surface area contributed by atoms with Gasteiger partial charge in [0.05, 0.1) is 18.0 Å². The van der Waals surface area contributed by atoms with Crippen LogP contribution in [0.15, 0.2) is 0 Å². The van der Waals surface area contributed by atoms with Gasteiger partial charge in [-0.15, -0.1) is 0 Å². The van der Waals surface area contributed by atoms with Gasteiger partial charge in [-0.3, -0.25) is 4.68 Å². The van der Waals surface area contributed by atoms with E-state index < -0.39 is 0 Å². The number of aromatic nitrogens is 2. The second kappa shape index (κ2) is 5.42. The summed E-state index contributed by atoms with van der Waals surface area (Å²) in [5, 5.41) is 4.21. The minimum Gasteiger partial charge on any atom is -0.461 e. The quantitative estimate of drug-likeness (QED) is 0.814. The molecule has 1 aliphatic rings. The summed E-state index contributed by atoms with van der Waals surface area (Å²) < 4.78 is 6.90. The molecule has 0 spiro atoms. The molecule has 18 heavy (non-hydrogen) atoms. The summed E-state index contributed by atoms with van der Waals surface area (Å²) in [7, 11) is 0. The van der Waals surface area contributed by atoms with Crippen molar-refractivity contribution in [1.29, 1.82) is 0 Å². The van der Waals surface area contributed by atoms with Crippen LogP contribution >= 0.6 is 0 Å². The van der Waals surface area contributed by atoms with E-state index in [4.69, 9.17) is 10.5 Å². The average Bonchev–Trinajstić information content (AvgIpc) is 2.58. The van der Waals surface area contributed by atoms with Crippen LogP contribution in [0.25, 0.3) is 0 Å². The first-order chi connectivity index (χ1) is 8.63. The molecule has 0 unspecified atom stereocenters. The molecule has 1 fully saturated rings. The first-order valence-corrected chi connectivity index (χ1v) is 6.63. The molecule has 0 amide bonds. The zero-order valence-corrected chi connectivity index (χ0v) is 11.1. The second-order valence-corrected chi connectivity index (χ2v) is 4.88. The standard InChI is InChI=1S/C13H21N3O2/c1-3-16-12(11(14)9(2)15-16)13(17)18-8-7-10-5-4-6-10/h10H,3-8,14H2,1-2H3. The zero-order chi connectivity index (χ0) is 13.1. The Morgan fingerprint density at radius 1 is 1.56 bits per heavy atom. The van der Waals surface area contributed by atoms with Crippen molar-refractivity contribution in [2.75, 3.05) is 12.3 Å². The number of nitrogens with two attached hydrogens (primary N) is 1. The SMILES string of the molecule is CCn1nc(C)c(N)c1C(=O)OCCC1CCC1. The molecular formula is C13H21N3O2. The Labute approximate surface area is 107 Å². The van der Waals surface area contributed by atoms with E-state index in [2.05, 4.69) is 5.10 Å². The second-order valence-electron chi connectivity index (χ2n) is 4.88. The number of ether oxygens (including phenoxy) is 1. The van der Waals surface area contributed by atoms with E-state index in [1.54, 1.807) is 11.6 Å². The number of nitrogens with zero attached hydrogens (tertiary/aromatic N) is 2. The number of carbonyl (C=O) groups is 1. The molecule has 1 aromatic heterocycles. The first kappa shape index (κ1) is 12.9. The van der Waals surface area contributed by atoms with E-state index in [-0.39, 0.29) is 5.97 Å². The van der Waals surface area contributed by atoms with Gasteiger partial charge in [0.1, 0.15) is 0 Å². The van der Waals surface area contributed by atoms with Gasteiger partial charge in [0.25, 0.3) is 0 Å². The monoisotopic (exact) mass is 251 g/mol. The summed E-state index contributed by atoms with van der Waals surface area (Å²) in [4.78, 5) is 12.0.